The van der Waals surface area contributed by atoms with E-state index >= 15 is 0 Å². The van der Waals surface area contributed by atoms with Gasteiger partial charge in [-0.3, -0.25) is 4.99 Å². The second kappa shape index (κ2) is 4.85. The molecule has 3 rings (SSSR count). The van der Waals surface area contributed by atoms with E-state index in [9.17, 15) is 0 Å². The molecule has 0 spiro atoms. The monoisotopic (exact) mass is 276 g/mol. The Hall–Kier alpha value is -1.55. The fraction of sp³-hybridized carbons (Fsp3) is 0.429. The quantitative estimate of drug-likeness (QED) is 0.681. The first-order valence-electron chi connectivity index (χ1n) is 6.54. The van der Waals surface area contributed by atoms with E-state index in [2.05, 4.69) is 20.6 Å². The Morgan fingerprint density at radius 1 is 1.63 bits per heavy atom. The molecule has 1 aliphatic carbocycles. The Labute approximate surface area is 117 Å². The lowest BCUT2D eigenvalue weighted by Crippen LogP contribution is -2.08. The van der Waals surface area contributed by atoms with Gasteiger partial charge >= 0.3 is 0 Å². The van der Waals surface area contributed by atoms with Crippen molar-refractivity contribution in [3.63, 3.8) is 0 Å². The molecule has 19 heavy (non-hydrogen) atoms. The van der Waals surface area contributed by atoms with Crippen LogP contribution in [0, 0.1) is 6.92 Å². The molecule has 1 aromatic rings. The Kier molecular flexibility index (Phi) is 3.19. The van der Waals surface area contributed by atoms with E-state index < -0.39 is 0 Å². The molecule has 1 saturated carbocycles. The average Bonchev–Trinajstić information content (AvgIpc) is 3.00. The Morgan fingerprint density at radius 2 is 2.42 bits per heavy atom. The minimum absolute atomic E-state index is 0.204. The molecule has 1 aromatic heterocycles. The van der Waals surface area contributed by atoms with Gasteiger partial charge in [0.05, 0.1) is 22.8 Å². The fourth-order valence-electron chi connectivity index (χ4n) is 2.26. The molecule has 0 aromatic carbocycles. The molecular weight excluding hydrogens is 260 g/mol. The summed E-state index contributed by atoms with van der Waals surface area (Å²) in [6.45, 7) is 2.03. The lowest BCUT2D eigenvalue weighted by molar-refractivity contribution is 0.861. The van der Waals surface area contributed by atoms with Crippen molar-refractivity contribution in [1.82, 2.24) is 9.55 Å². The molecule has 0 bridgehead atoms. The number of nitrogens with two attached hydrogens (primary N) is 1. The van der Waals surface area contributed by atoms with Gasteiger partial charge in [0.15, 0.2) is 5.82 Å². The van der Waals surface area contributed by atoms with E-state index in [1.54, 1.807) is 12.3 Å². The summed E-state index contributed by atoms with van der Waals surface area (Å²) < 4.78 is 2.07. The number of hydrogen-bond acceptors (Lipinski definition) is 3. The van der Waals surface area contributed by atoms with Gasteiger partial charge in [-0.1, -0.05) is 6.08 Å². The first-order chi connectivity index (χ1) is 9.16. The number of allylic oxidation sites excluding steroid dienone is 2. The van der Waals surface area contributed by atoms with Crippen LogP contribution in [0.3, 0.4) is 0 Å². The van der Waals surface area contributed by atoms with Crippen molar-refractivity contribution in [3.05, 3.63) is 29.4 Å². The zero-order valence-corrected chi connectivity index (χ0v) is 11.6. The molecule has 2 atom stereocenters. The van der Waals surface area contributed by atoms with Crippen LogP contribution >= 0.6 is 11.6 Å². The summed E-state index contributed by atoms with van der Waals surface area (Å²) in [6, 6.07) is 0.265. The lowest BCUT2D eigenvalue weighted by Gasteiger charge is -2.10. The van der Waals surface area contributed by atoms with Gasteiger partial charge in [0.1, 0.15) is 0 Å². The van der Waals surface area contributed by atoms with Gasteiger partial charge in [-0.25, -0.2) is 4.98 Å². The molecule has 2 aliphatic rings. The smallest absolute Gasteiger partial charge is 0.160 e. The van der Waals surface area contributed by atoms with Crippen molar-refractivity contribution in [2.24, 2.45) is 10.7 Å². The number of rotatable bonds is 3. The molecule has 4 nitrogen and oxygen atoms in total. The number of fused-ring (bicyclic) bond motifs is 1. The Bertz CT molecular complexity index is 583. The molecule has 1 aliphatic heterocycles. The van der Waals surface area contributed by atoms with Crippen LogP contribution in [0.5, 0.6) is 0 Å². The van der Waals surface area contributed by atoms with Crippen LogP contribution < -0.4 is 5.73 Å². The molecule has 2 N–H and O–H groups in total. The van der Waals surface area contributed by atoms with Crippen LogP contribution in [-0.2, 0) is 6.42 Å². The molecule has 0 radical (unpaired) electrons. The second-order valence-electron chi connectivity index (χ2n) is 5.00. The zero-order chi connectivity index (χ0) is 13.4. The average molecular weight is 277 g/mol. The molecule has 5 heteroatoms. The molecule has 1 fully saturated rings. The van der Waals surface area contributed by atoms with E-state index in [1.807, 2.05) is 13.1 Å². The summed E-state index contributed by atoms with van der Waals surface area (Å²) in [6.07, 6.45) is 10.8. The summed E-state index contributed by atoms with van der Waals surface area (Å²) in [5.74, 6) is 0.799. The molecule has 2 unspecified atom stereocenters. The summed E-state index contributed by atoms with van der Waals surface area (Å²) in [5.41, 5.74) is 9.02. The zero-order valence-electron chi connectivity index (χ0n) is 10.9. The highest BCUT2D eigenvalue weighted by Crippen LogP contribution is 2.31. The number of nitrogens with zero attached hydrogens (tertiary/aromatic N) is 3. The fourth-order valence-corrected chi connectivity index (χ4v) is 2.51. The highest BCUT2D eigenvalue weighted by atomic mass is 35.5. The largest absolute Gasteiger partial charge is 0.396 e. The predicted molar refractivity (Wildman–Crippen MR) is 79.3 cm³/mol. The van der Waals surface area contributed by atoms with Gasteiger partial charge in [-0.15, -0.1) is 11.6 Å². The lowest BCUT2D eigenvalue weighted by atomic mass is 10.1. The van der Waals surface area contributed by atoms with Crippen molar-refractivity contribution in [1.29, 1.82) is 0 Å². The normalized spacial score (nSPS) is 25.9. The van der Waals surface area contributed by atoms with Gasteiger partial charge in [0.25, 0.3) is 0 Å². The number of aliphatic imine (C=N–C) groups is 1. The van der Waals surface area contributed by atoms with Crippen LogP contribution in [0.25, 0.3) is 11.9 Å². The van der Waals surface area contributed by atoms with Crippen molar-refractivity contribution in [3.8, 4) is 0 Å². The number of imidazole rings is 1. The van der Waals surface area contributed by atoms with E-state index in [4.69, 9.17) is 17.3 Å². The van der Waals surface area contributed by atoms with E-state index in [0.29, 0.717) is 5.70 Å². The summed E-state index contributed by atoms with van der Waals surface area (Å²) in [7, 11) is 0. The number of hydrogen-bond donors (Lipinski definition) is 1. The van der Waals surface area contributed by atoms with Crippen LogP contribution in [0.1, 0.15) is 30.1 Å². The summed E-state index contributed by atoms with van der Waals surface area (Å²) in [4.78, 5) is 8.88. The highest BCUT2D eigenvalue weighted by Gasteiger charge is 2.34. The standard InChI is InChI=1S/C14H17ClN4/c1-9-13-4-2-3-7-19(13)14(18-9)11(16)5-6-17-12-8-10(12)15/h3,5-7,10,12H,2,4,8,16H2,1H3/b11-5-,17-6?. The third-order valence-corrected chi connectivity index (χ3v) is 3.95. The van der Waals surface area contributed by atoms with Crippen LogP contribution in [0.4, 0.5) is 0 Å². The van der Waals surface area contributed by atoms with Gasteiger partial charge in [-0.05, 0) is 32.3 Å². The summed E-state index contributed by atoms with van der Waals surface area (Å²) >= 11 is 5.89. The van der Waals surface area contributed by atoms with Gasteiger partial charge < -0.3 is 10.3 Å². The van der Waals surface area contributed by atoms with Gasteiger partial charge in [0, 0.05) is 18.1 Å². The third-order valence-electron chi connectivity index (χ3n) is 3.48. The number of aromatic nitrogens is 2. The first kappa shape index (κ1) is 12.5. The Morgan fingerprint density at radius 3 is 3.16 bits per heavy atom. The minimum Gasteiger partial charge on any atom is -0.396 e. The maximum absolute atomic E-state index is 6.09. The second-order valence-corrected chi connectivity index (χ2v) is 5.56. The molecular formula is C14H17ClN4. The molecule has 2 heterocycles. The SMILES string of the molecule is Cc1nc(/C(N)=C/C=NC2CC2Cl)n2c1CCC=C2. The van der Waals surface area contributed by atoms with Crippen LogP contribution in [0.2, 0.25) is 0 Å². The predicted octanol–water partition coefficient (Wildman–Crippen LogP) is 2.36. The number of alkyl halides is 1. The maximum Gasteiger partial charge on any atom is 0.160 e. The molecule has 100 valence electrons. The van der Waals surface area contributed by atoms with Crippen molar-refractivity contribution in [2.75, 3.05) is 0 Å². The number of aryl methyl sites for hydroxylation is 1. The van der Waals surface area contributed by atoms with E-state index in [1.165, 1.54) is 5.69 Å². The van der Waals surface area contributed by atoms with Crippen LogP contribution in [0.15, 0.2) is 17.1 Å². The third kappa shape index (κ3) is 2.45. The Balaban J connectivity index is 1.84. The first-order valence-corrected chi connectivity index (χ1v) is 6.98. The number of halogens is 1. The van der Waals surface area contributed by atoms with Crippen molar-refractivity contribution in [2.45, 2.75) is 37.6 Å². The van der Waals surface area contributed by atoms with E-state index in [0.717, 1.165) is 30.8 Å². The maximum atomic E-state index is 6.09. The van der Waals surface area contributed by atoms with Gasteiger partial charge in [0.2, 0.25) is 0 Å². The summed E-state index contributed by atoms with van der Waals surface area (Å²) in [5, 5.41) is 0.204. The van der Waals surface area contributed by atoms with E-state index in [-0.39, 0.29) is 11.4 Å². The van der Waals surface area contributed by atoms with Crippen molar-refractivity contribution >= 4 is 29.7 Å². The van der Waals surface area contributed by atoms with Gasteiger partial charge in [-0.2, -0.15) is 0 Å². The van der Waals surface area contributed by atoms with Crippen molar-refractivity contribution < 1.29 is 0 Å². The van der Waals surface area contributed by atoms with Crippen LogP contribution in [-0.4, -0.2) is 27.2 Å². The topological polar surface area (TPSA) is 56.2 Å². The highest BCUT2D eigenvalue weighted by molar-refractivity contribution is 6.23. The minimum atomic E-state index is 0.204. The molecule has 0 amide bonds. The molecule has 0 saturated heterocycles.